The van der Waals surface area contributed by atoms with Crippen molar-refractivity contribution in [2.75, 3.05) is 5.32 Å². The highest BCUT2D eigenvalue weighted by Gasteiger charge is 2.21. The predicted octanol–water partition coefficient (Wildman–Crippen LogP) is 3.09. The van der Waals surface area contributed by atoms with Crippen molar-refractivity contribution in [2.24, 2.45) is 0 Å². The van der Waals surface area contributed by atoms with Crippen molar-refractivity contribution in [2.45, 2.75) is 0 Å². The van der Waals surface area contributed by atoms with E-state index in [1.807, 2.05) is 0 Å². The first-order valence-electron chi connectivity index (χ1n) is 5.38. The molecule has 0 saturated heterocycles. The number of para-hydroxylation sites is 1. The van der Waals surface area contributed by atoms with E-state index in [2.05, 4.69) is 10.3 Å². The van der Waals surface area contributed by atoms with Crippen LogP contribution in [0.4, 0.5) is 17.2 Å². The minimum Gasteiger partial charge on any atom is -0.477 e. The summed E-state index contributed by atoms with van der Waals surface area (Å²) in [6.07, 6.45) is 0.891. The number of nitrogens with zero attached hydrogens (tertiary/aromatic N) is 2. The van der Waals surface area contributed by atoms with Crippen molar-refractivity contribution in [1.29, 1.82) is 0 Å². The zero-order valence-corrected chi connectivity index (χ0v) is 10.7. The van der Waals surface area contributed by atoms with E-state index in [1.54, 1.807) is 24.3 Å². The average Bonchev–Trinajstić information content (AvgIpc) is 2.41. The number of carboxylic acids is 1. The van der Waals surface area contributed by atoms with Crippen LogP contribution in [0.25, 0.3) is 0 Å². The van der Waals surface area contributed by atoms with E-state index < -0.39 is 22.1 Å². The van der Waals surface area contributed by atoms with Crippen LogP contribution >= 0.6 is 11.6 Å². The van der Waals surface area contributed by atoms with Crippen LogP contribution in [0.2, 0.25) is 5.02 Å². The maximum absolute atomic E-state index is 11.0. The molecule has 1 heterocycles. The largest absolute Gasteiger partial charge is 0.477 e. The van der Waals surface area contributed by atoms with Gasteiger partial charge >= 0.3 is 11.7 Å². The van der Waals surface area contributed by atoms with Crippen LogP contribution in [0.5, 0.6) is 0 Å². The van der Waals surface area contributed by atoms with Crippen LogP contribution in [0.3, 0.4) is 0 Å². The van der Waals surface area contributed by atoms with Gasteiger partial charge in [-0.2, -0.15) is 0 Å². The van der Waals surface area contributed by atoms with E-state index in [0.29, 0.717) is 10.7 Å². The predicted molar refractivity (Wildman–Crippen MR) is 72.6 cm³/mol. The molecule has 0 aliphatic carbocycles. The molecule has 7 nitrogen and oxygen atoms in total. The summed E-state index contributed by atoms with van der Waals surface area (Å²) in [5, 5.41) is 22.9. The Morgan fingerprint density at radius 2 is 2.10 bits per heavy atom. The number of carboxylic acid groups (broad SMARTS) is 1. The van der Waals surface area contributed by atoms with Gasteiger partial charge in [0.2, 0.25) is 0 Å². The monoisotopic (exact) mass is 293 g/mol. The van der Waals surface area contributed by atoms with Crippen LogP contribution in [0.1, 0.15) is 10.4 Å². The van der Waals surface area contributed by atoms with Crippen LogP contribution in [-0.2, 0) is 0 Å². The highest BCUT2D eigenvalue weighted by Crippen LogP contribution is 2.26. The zero-order chi connectivity index (χ0) is 14.7. The summed E-state index contributed by atoms with van der Waals surface area (Å²) in [6, 6.07) is 7.88. The summed E-state index contributed by atoms with van der Waals surface area (Å²) in [4.78, 5) is 24.7. The van der Waals surface area contributed by atoms with Gasteiger partial charge < -0.3 is 10.4 Å². The first-order chi connectivity index (χ1) is 9.49. The third-order valence-corrected chi connectivity index (χ3v) is 2.78. The van der Waals surface area contributed by atoms with Gasteiger partial charge in [-0.3, -0.25) is 10.1 Å². The molecular weight excluding hydrogens is 286 g/mol. The summed E-state index contributed by atoms with van der Waals surface area (Å²) < 4.78 is 0. The summed E-state index contributed by atoms with van der Waals surface area (Å²) in [6.45, 7) is 0. The Morgan fingerprint density at radius 3 is 2.70 bits per heavy atom. The van der Waals surface area contributed by atoms with Gasteiger partial charge in [-0.05, 0) is 12.1 Å². The smallest absolute Gasteiger partial charge is 0.342 e. The molecule has 2 rings (SSSR count). The van der Waals surface area contributed by atoms with Crippen molar-refractivity contribution in [3.63, 3.8) is 0 Å². The molecule has 1 aromatic heterocycles. The van der Waals surface area contributed by atoms with Gasteiger partial charge in [0, 0.05) is 6.07 Å². The molecule has 102 valence electrons. The Labute approximate surface area is 118 Å². The third-order valence-electron chi connectivity index (χ3n) is 2.45. The number of pyridine rings is 1. The van der Waals surface area contributed by atoms with Crippen LogP contribution < -0.4 is 5.32 Å². The number of carbonyl (C=O) groups is 1. The van der Waals surface area contributed by atoms with Gasteiger partial charge in [0.15, 0.2) is 0 Å². The normalized spacial score (nSPS) is 10.1. The lowest BCUT2D eigenvalue weighted by atomic mass is 10.2. The highest BCUT2D eigenvalue weighted by atomic mass is 35.5. The molecule has 1 aromatic carbocycles. The molecule has 0 atom stereocenters. The van der Waals surface area contributed by atoms with Gasteiger partial charge in [-0.25, -0.2) is 9.78 Å². The molecule has 0 aliphatic rings. The Bertz CT molecular complexity index is 690. The topological polar surface area (TPSA) is 105 Å². The fraction of sp³-hybridized carbons (Fsp3) is 0. The molecule has 0 unspecified atom stereocenters. The second-order valence-electron chi connectivity index (χ2n) is 3.75. The van der Waals surface area contributed by atoms with Crippen LogP contribution in [-0.4, -0.2) is 21.0 Å². The molecule has 0 fully saturated rings. The fourth-order valence-electron chi connectivity index (χ4n) is 1.53. The molecule has 0 saturated carbocycles. The lowest BCUT2D eigenvalue weighted by Crippen LogP contribution is -2.05. The number of halogens is 1. The SMILES string of the molecule is O=C(O)c1cc(Nc2ccccc2Cl)ncc1[N+](=O)[O-]. The lowest BCUT2D eigenvalue weighted by Gasteiger charge is -2.07. The van der Waals surface area contributed by atoms with Crippen molar-refractivity contribution in [3.05, 3.63) is 57.2 Å². The minimum atomic E-state index is -1.40. The number of hydrogen-bond acceptors (Lipinski definition) is 5. The maximum Gasteiger partial charge on any atom is 0.342 e. The van der Waals surface area contributed by atoms with Crippen molar-refractivity contribution in [1.82, 2.24) is 4.98 Å². The van der Waals surface area contributed by atoms with E-state index >= 15 is 0 Å². The third kappa shape index (κ3) is 2.83. The van der Waals surface area contributed by atoms with Crippen LogP contribution in [0, 0.1) is 10.1 Å². The average molecular weight is 294 g/mol. The molecule has 2 aromatic rings. The quantitative estimate of drug-likeness (QED) is 0.663. The zero-order valence-electron chi connectivity index (χ0n) is 9.91. The van der Waals surface area contributed by atoms with E-state index in [4.69, 9.17) is 16.7 Å². The Balaban J connectivity index is 2.40. The van der Waals surface area contributed by atoms with E-state index in [1.165, 1.54) is 0 Å². The molecule has 2 N–H and O–H groups in total. The Kier molecular flexibility index (Phi) is 3.81. The van der Waals surface area contributed by atoms with E-state index in [0.717, 1.165) is 12.3 Å². The van der Waals surface area contributed by atoms with Crippen molar-refractivity contribution < 1.29 is 14.8 Å². The number of benzene rings is 1. The van der Waals surface area contributed by atoms with E-state index in [-0.39, 0.29) is 5.82 Å². The molecule has 20 heavy (non-hydrogen) atoms. The minimum absolute atomic E-state index is 0.154. The van der Waals surface area contributed by atoms with Crippen LogP contribution in [0.15, 0.2) is 36.5 Å². The maximum atomic E-state index is 11.0. The first kappa shape index (κ1) is 13.8. The molecular formula is C12H8ClN3O4. The number of nitrogens with one attached hydrogen (secondary N) is 1. The molecule has 0 spiro atoms. The molecule has 0 radical (unpaired) electrons. The number of hydrogen-bond donors (Lipinski definition) is 2. The fourth-order valence-corrected chi connectivity index (χ4v) is 1.72. The number of aromatic nitrogens is 1. The Hall–Kier alpha value is -2.67. The molecule has 8 heteroatoms. The number of aromatic carboxylic acids is 1. The summed E-state index contributed by atoms with van der Waals surface area (Å²) >= 11 is 5.94. The van der Waals surface area contributed by atoms with Gasteiger partial charge in [0.1, 0.15) is 17.6 Å². The highest BCUT2D eigenvalue weighted by molar-refractivity contribution is 6.33. The lowest BCUT2D eigenvalue weighted by molar-refractivity contribution is -0.385. The number of rotatable bonds is 4. The number of nitro groups is 1. The Morgan fingerprint density at radius 1 is 1.40 bits per heavy atom. The second-order valence-corrected chi connectivity index (χ2v) is 4.16. The van der Waals surface area contributed by atoms with Crippen molar-refractivity contribution in [3.8, 4) is 0 Å². The van der Waals surface area contributed by atoms with Gasteiger partial charge in [0.25, 0.3) is 0 Å². The summed E-state index contributed by atoms with van der Waals surface area (Å²) in [5.74, 6) is -1.25. The van der Waals surface area contributed by atoms with Gasteiger partial charge in [-0.1, -0.05) is 23.7 Å². The van der Waals surface area contributed by atoms with Gasteiger partial charge in [-0.15, -0.1) is 0 Å². The standard InChI is InChI=1S/C12H8ClN3O4/c13-8-3-1-2-4-9(8)15-11-5-7(12(17)18)10(6-14-11)16(19)20/h1-6H,(H,14,15)(H,17,18). The van der Waals surface area contributed by atoms with E-state index in [9.17, 15) is 14.9 Å². The first-order valence-corrected chi connectivity index (χ1v) is 5.76. The molecule has 0 amide bonds. The second kappa shape index (κ2) is 5.54. The summed E-state index contributed by atoms with van der Waals surface area (Å²) in [5.41, 5.74) is -0.492. The molecule has 0 bridgehead atoms. The molecule has 0 aliphatic heterocycles. The number of anilines is 2. The summed E-state index contributed by atoms with van der Waals surface area (Å²) in [7, 11) is 0. The van der Waals surface area contributed by atoms with Crippen molar-refractivity contribution >= 4 is 34.8 Å². The van der Waals surface area contributed by atoms with Gasteiger partial charge in [0.05, 0.1) is 15.6 Å².